The van der Waals surface area contributed by atoms with Crippen LogP contribution in [0.5, 0.6) is 0 Å². The number of nitrogens with zero attached hydrogens (tertiary/aromatic N) is 2. The summed E-state index contributed by atoms with van der Waals surface area (Å²) in [6.45, 7) is 9.98. The molecule has 0 saturated heterocycles. The Bertz CT molecular complexity index is 350. The molecule has 4 heteroatoms. The topological polar surface area (TPSA) is 62.8 Å². The average Bonchev–Trinajstić information content (AvgIpc) is 2.15. The van der Waals surface area contributed by atoms with Gasteiger partial charge in [-0.25, -0.2) is 4.99 Å². The van der Waals surface area contributed by atoms with Crippen LogP contribution in [0.25, 0.3) is 0 Å². The predicted molar refractivity (Wildman–Crippen MR) is 64.5 cm³/mol. The van der Waals surface area contributed by atoms with Crippen molar-refractivity contribution in [1.82, 2.24) is 5.32 Å². The number of allylic oxidation sites excluding steroid dienone is 1. The van der Waals surface area contributed by atoms with Crippen LogP contribution in [0, 0.1) is 5.92 Å². The fourth-order valence-electron chi connectivity index (χ4n) is 1.17. The normalized spacial score (nSPS) is 19.1. The van der Waals surface area contributed by atoms with E-state index in [1.807, 2.05) is 13.1 Å². The molecule has 1 heterocycles. The first kappa shape index (κ1) is 11.5. The first-order valence-electron chi connectivity index (χ1n) is 5.10. The summed E-state index contributed by atoms with van der Waals surface area (Å²) in [6, 6.07) is 0. The minimum Gasteiger partial charge on any atom is -0.369 e. The van der Waals surface area contributed by atoms with Crippen LogP contribution in [0.3, 0.4) is 0 Å². The van der Waals surface area contributed by atoms with Crippen LogP contribution in [-0.2, 0) is 0 Å². The molecular weight excluding hydrogens is 188 g/mol. The fraction of sp³-hybridized carbons (Fsp3) is 0.455. The molecule has 3 N–H and O–H groups in total. The van der Waals surface area contributed by atoms with Gasteiger partial charge in [-0.15, -0.1) is 0 Å². The number of hydrogen-bond donors (Lipinski definition) is 2. The molecule has 0 aliphatic carbocycles. The molecule has 82 valence electrons. The van der Waals surface area contributed by atoms with Gasteiger partial charge in [-0.05, 0) is 19.3 Å². The van der Waals surface area contributed by atoms with E-state index >= 15 is 0 Å². The molecule has 0 radical (unpaired) electrons. The van der Waals surface area contributed by atoms with E-state index in [2.05, 4.69) is 35.7 Å². The van der Waals surface area contributed by atoms with Crippen molar-refractivity contribution in [1.29, 1.82) is 0 Å². The molecule has 0 aromatic carbocycles. The maximum atomic E-state index is 5.55. The predicted octanol–water partition coefficient (Wildman–Crippen LogP) is 1.77. The van der Waals surface area contributed by atoms with E-state index in [0.717, 1.165) is 17.8 Å². The zero-order chi connectivity index (χ0) is 11.4. The van der Waals surface area contributed by atoms with Gasteiger partial charge in [-0.1, -0.05) is 20.4 Å². The minimum absolute atomic E-state index is 0.375. The van der Waals surface area contributed by atoms with Crippen LogP contribution in [0.4, 0.5) is 0 Å². The van der Waals surface area contributed by atoms with Crippen molar-refractivity contribution in [2.24, 2.45) is 21.6 Å². The summed E-state index contributed by atoms with van der Waals surface area (Å²) in [7, 11) is 0. The van der Waals surface area contributed by atoms with Crippen molar-refractivity contribution in [2.45, 2.75) is 27.2 Å². The van der Waals surface area contributed by atoms with Crippen LogP contribution < -0.4 is 11.1 Å². The zero-order valence-electron chi connectivity index (χ0n) is 9.54. The van der Waals surface area contributed by atoms with Gasteiger partial charge in [0.2, 0.25) is 0 Å². The number of rotatable bonds is 3. The molecule has 1 unspecified atom stereocenters. The summed E-state index contributed by atoms with van der Waals surface area (Å²) in [5.41, 5.74) is 7.84. The lowest BCUT2D eigenvalue weighted by Gasteiger charge is -2.16. The number of hydrogen-bond acceptors (Lipinski definition) is 4. The Balaban J connectivity index is 2.88. The van der Waals surface area contributed by atoms with Gasteiger partial charge in [0.05, 0.1) is 11.4 Å². The monoisotopic (exact) mass is 206 g/mol. The van der Waals surface area contributed by atoms with Crippen molar-refractivity contribution in [3.63, 3.8) is 0 Å². The van der Waals surface area contributed by atoms with E-state index in [9.17, 15) is 0 Å². The molecule has 0 fully saturated rings. The highest BCUT2D eigenvalue weighted by Crippen LogP contribution is 2.17. The average molecular weight is 206 g/mol. The number of nitrogens with two attached hydrogens (primary N) is 1. The lowest BCUT2D eigenvalue weighted by molar-refractivity contribution is 0.753. The van der Waals surface area contributed by atoms with E-state index in [0.29, 0.717) is 17.6 Å². The third-order valence-corrected chi connectivity index (χ3v) is 2.30. The number of nitrogens with one attached hydrogen (secondary N) is 1. The molecule has 4 nitrogen and oxygen atoms in total. The second-order valence-corrected chi connectivity index (χ2v) is 3.70. The minimum atomic E-state index is 0.375. The fourth-order valence-corrected chi connectivity index (χ4v) is 1.17. The summed E-state index contributed by atoms with van der Waals surface area (Å²) in [5, 5.41) is 2.86. The SMILES string of the molecule is C=C1NC(N)=NC(C)=C1N=CC(C)CC. The lowest BCUT2D eigenvalue weighted by atomic mass is 10.1. The van der Waals surface area contributed by atoms with Crippen LogP contribution >= 0.6 is 0 Å². The summed E-state index contributed by atoms with van der Waals surface area (Å²) < 4.78 is 0. The quantitative estimate of drug-likeness (QED) is 0.691. The van der Waals surface area contributed by atoms with Gasteiger partial charge >= 0.3 is 0 Å². The molecule has 1 atom stereocenters. The van der Waals surface area contributed by atoms with Crippen LogP contribution in [-0.4, -0.2) is 12.2 Å². The van der Waals surface area contributed by atoms with E-state index in [1.165, 1.54) is 0 Å². The van der Waals surface area contributed by atoms with E-state index in [-0.39, 0.29) is 0 Å². The van der Waals surface area contributed by atoms with Crippen LogP contribution in [0.1, 0.15) is 27.2 Å². The van der Waals surface area contributed by atoms with Crippen LogP contribution in [0.2, 0.25) is 0 Å². The Hall–Kier alpha value is -1.58. The third-order valence-electron chi connectivity index (χ3n) is 2.30. The summed E-state index contributed by atoms with van der Waals surface area (Å²) in [5.74, 6) is 0.835. The molecule has 0 spiro atoms. The molecule has 0 amide bonds. The van der Waals surface area contributed by atoms with Gasteiger partial charge in [0.25, 0.3) is 0 Å². The molecule has 0 aromatic heterocycles. The Labute approximate surface area is 90.7 Å². The highest BCUT2D eigenvalue weighted by Gasteiger charge is 2.12. The van der Waals surface area contributed by atoms with Crippen molar-refractivity contribution >= 4 is 12.2 Å². The standard InChI is InChI=1S/C11H18N4/c1-5-7(2)6-13-10-8(3)14-11(12)15-9(10)4/h6-7H,3,5H2,1-2,4H3,(H3,12,14,15). The lowest BCUT2D eigenvalue weighted by Crippen LogP contribution is -2.33. The second-order valence-electron chi connectivity index (χ2n) is 3.70. The molecule has 0 aromatic rings. The van der Waals surface area contributed by atoms with Gasteiger partial charge < -0.3 is 11.1 Å². The van der Waals surface area contributed by atoms with Gasteiger partial charge in [0, 0.05) is 6.21 Å². The Morgan fingerprint density at radius 3 is 2.87 bits per heavy atom. The third kappa shape index (κ3) is 2.94. The Kier molecular flexibility index (Phi) is 3.66. The van der Waals surface area contributed by atoms with Crippen molar-refractivity contribution in [3.05, 3.63) is 23.7 Å². The highest BCUT2D eigenvalue weighted by molar-refractivity contribution is 5.83. The van der Waals surface area contributed by atoms with Gasteiger partial charge in [-0.3, -0.25) is 4.99 Å². The molecule has 1 aliphatic heterocycles. The number of aliphatic imine (C=N–C) groups is 2. The Morgan fingerprint density at radius 1 is 1.67 bits per heavy atom. The van der Waals surface area contributed by atoms with Crippen LogP contribution in [0.15, 0.2) is 33.7 Å². The molecule has 0 saturated carbocycles. The maximum absolute atomic E-state index is 5.55. The first-order valence-corrected chi connectivity index (χ1v) is 5.10. The van der Waals surface area contributed by atoms with Crippen molar-refractivity contribution in [2.75, 3.05) is 0 Å². The Morgan fingerprint density at radius 2 is 2.33 bits per heavy atom. The maximum Gasteiger partial charge on any atom is 0.198 e. The summed E-state index contributed by atoms with van der Waals surface area (Å²) >= 11 is 0. The smallest absolute Gasteiger partial charge is 0.198 e. The van der Waals surface area contributed by atoms with E-state index in [4.69, 9.17) is 5.73 Å². The summed E-state index contributed by atoms with van der Waals surface area (Å²) in [6.07, 6.45) is 2.99. The summed E-state index contributed by atoms with van der Waals surface area (Å²) in [4.78, 5) is 8.49. The van der Waals surface area contributed by atoms with E-state index < -0.39 is 0 Å². The number of guanidine groups is 1. The van der Waals surface area contributed by atoms with Gasteiger partial charge in [0.15, 0.2) is 5.96 Å². The van der Waals surface area contributed by atoms with Gasteiger partial charge in [-0.2, -0.15) is 0 Å². The first-order chi connectivity index (χ1) is 7.04. The second kappa shape index (κ2) is 4.77. The van der Waals surface area contributed by atoms with Crippen molar-refractivity contribution in [3.8, 4) is 0 Å². The zero-order valence-corrected chi connectivity index (χ0v) is 9.54. The molecule has 15 heavy (non-hydrogen) atoms. The van der Waals surface area contributed by atoms with E-state index in [1.54, 1.807) is 0 Å². The molecular formula is C11H18N4. The molecule has 1 aliphatic rings. The van der Waals surface area contributed by atoms with Crippen molar-refractivity contribution < 1.29 is 0 Å². The van der Waals surface area contributed by atoms with Gasteiger partial charge in [0.1, 0.15) is 5.70 Å². The highest BCUT2D eigenvalue weighted by atomic mass is 15.1. The molecule has 0 bridgehead atoms. The largest absolute Gasteiger partial charge is 0.369 e. The molecule has 1 rings (SSSR count).